The first-order valence-corrected chi connectivity index (χ1v) is 10.9. The van der Waals surface area contributed by atoms with Gasteiger partial charge < -0.3 is 5.32 Å². The normalized spacial score (nSPS) is 13.9. The van der Waals surface area contributed by atoms with Crippen LogP contribution in [-0.4, -0.2) is 32.4 Å². The third-order valence-electron chi connectivity index (χ3n) is 5.23. The maximum Gasteiger partial charge on any atom is 0.225 e. The third-order valence-corrected chi connectivity index (χ3v) is 6.50. The standard InChI is InChI=1S/C23H22N4O3S/c1-13-4-3-5-15(8-13)10-17(28)19-11-24-23(31-19)14(2)9-18(29)21-16-6-7-20(30)27-22(16)26-12-25-21/h3-5,8,11-12,14H,6-7,9-10H2,1-2H3,(H,25,26,27,30)/t14-/m0/s1. The van der Waals surface area contributed by atoms with Gasteiger partial charge in [-0.15, -0.1) is 11.3 Å². The number of ketones is 2. The van der Waals surface area contributed by atoms with Crippen molar-refractivity contribution in [3.63, 3.8) is 0 Å². The van der Waals surface area contributed by atoms with Crippen molar-refractivity contribution in [1.29, 1.82) is 0 Å². The molecule has 0 saturated carbocycles. The SMILES string of the molecule is Cc1cccc(CC(=O)c2cnc([C@@H](C)CC(=O)c3ncnc4c3CCC(=O)N4)s2)c1. The van der Waals surface area contributed by atoms with Crippen LogP contribution < -0.4 is 5.32 Å². The Hall–Kier alpha value is -3.26. The number of hydrogen-bond acceptors (Lipinski definition) is 7. The number of carbonyl (C=O) groups is 3. The van der Waals surface area contributed by atoms with Crippen molar-refractivity contribution in [3.05, 3.63) is 69.1 Å². The smallest absolute Gasteiger partial charge is 0.225 e. The maximum absolute atomic E-state index is 12.9. The first-order chi connectivity index (χ1) is 14.9. The maximum atomic E-state index is 12.9. The van der Waals surface area contributed by atoms with E-state index in [4.69, 9.17) is 0 Å². The summed E-state index contributed by atoms with van der Waals surface area (Å²) in [7, 11) is 0. The summed E-state index contributed by atoms with van der Waals surface area (Å²) in [6, 6.07) is 7.89. The molecule has 31 heavy (non-hydrogen) atoms. The Kier molecular flexibility index (Phi) is 5.99. The van der Waals surface area contributed by atoms with Gasteiger partial charge in [0.25, 0.3) is 0 Å². The van der Waals surface area contributed by atoms with E-state index in [1.165, 1.54) is 17.7 Å². The predicted molar refractivity (Wildman–Crippen MR) is 118 cm³/mol. The molecule has 0 fully saturated rings. The average Bonchev–Trinajstić information content (AvgIpc) is 3.23. The number of aromatic nitrogens is 3. The van der Waals surface area contributed by atoms with E-state index >= 15 is 0 Å². The molecule has 1 aromatic carbocycles. The van der Waals surface area contributed by atoms with Gasteiger partial charge in [0.1, 0.15) is 17.8 Å². The van der Waals surface area contributed by atoms with Gasteiger partial charge in [-0.3, -0.25) is 14.4 Å². The number of aryl methyl sites for hydroxylation is 1. The highest BCUT2D eigenvalue weighted by atomic mass is 32.1. The number of nitrogens with one attached hydrogen (secondary N) is 1. The van der Waals surface area contributed by atoms with Crippen LogP contribution in [0.4, 0.5) is 5.82 Å². The number of carbonyl (C=O) groups excluding carboxylic acids is 3. The molecule has 1 aliphatic rings. The topological polar surface area (TPSA) is 102 Å². The van der Waals surface area contributed by atoms with Crippen molar-refractivity contribution in [2.45, 2.75) is 45.4 Å². The number of rotatable bonds is 7. The highest BCUT2D eigenvalue weighted by Crippen LogP contribution is 2.29. The van der Waals surface area contributed by atoms with E-state index in [2.05, 4.69) is 20.3 Å². The second-order valence-electron chi connectivity index (χ2n) is 7.78. The van der Waals surface area contributed by atoms with Crippen LogP contribution in [-0.2, 0) is 17.6 Å². The predicted octanol–water partition coefficient (Wildman–Crippen LogP) is 3.93. The molecule has 1 aliphatic heterocycles. The van der Waals surface area contributed by atoms with E-state index in [-0.39, 0.29) is 29.8 Å². The number of fused-ring (bicyclic) bond motifs is 1. The monoisotopic (exact) mass is 434 g/mol. The van der Waals surface area contributed by atoms with E-state index in [9.17, 15) is 14.4 Å². The number of Topliss-reactive ketones (excluding diaryl/α,β-unsaturated/α-hetero) is 2. The molecule has 3 aromatic rings. The number of amides is 1. The van der Waals surface area contributed by atoms with Gasteiger partial charge in [-0.25, -0.2) is 15.0 Å². The fraction of sp³-hybridized carbons (Fsp3) is 0.304. The van der Waals surface area contributed by atoms with Crippen molar-refractivity contribution >= 4 is 34.6 Å². The first kappa shape index (κ1) is 21.0. The molecular formula is C23H22N4O3S. The Morgan fingerprint density at radius 1 is 1.16 bits per heavy atom. The molecule has 0 saturated heterocycles. The van der Waals surface area contributed by atoms with E-state index in [0.29, 0.717) is 41.2 Å². The second-order valence-corrected chi connectivity index (χ2v) is 8.84. The van der Waals surface area contributed by atoms with Crippen molar-refractivity contribution in [1.82, 2.24) is 15.0 Å². The Balaban J connectivity index is 1.44. The van der Waals surface area contributed by atoms with Gasteiger partial charge in [-0.05, 0) is 18.9 Å². The summed E-state index contributed by atoms with van der Waals surface area (Å²) in [4.78, 5) is 50.3. The number of thiazole rings is 1. The molecule has 1 atom stereocenters. The molecule has 158 valence electrons. The first-order valence-electron chi connectivity index (χ1n) is 10.1. The van der Waals surface area contributed by atoms with Gasteiger partial charge in [0, 0.05) is 36.9 Å². The molecule has 3 heterocycles. The van der Waals surface area contributed by atoms with Crippen molar-refractivity contribution in [2.75, 3.05) is 5.32 Å². The molecular weight excluding hydrogens is 412 g/mol. The summed E-state index contributed by atoms with van der Waals surface area (Å²) in [5, 5.41) is 3.44. The van der Waals surface area contributed by atoms with Crippen molar-refractivity contribution in [3.8, 4) is 0 Å². The van der Waals surface area contributed by atoms with Crippen LogP contribution >= 0.6 is 11.3 Å². The quantitative estimate of drug-likeness (QED) is 0.566. The lowest BCUT2D eigenvalue weighted by atomic mass is 9.97. The van der Waals surface area contributed by atoms with Gasteiger partial charge in [0.15, 0.2) is 11.6 Å². The summed E-state index contributed by atoms with van der Waals surface area (Å²) in [6.45, 7) is 3.92. The number of benzene rings is 1. The van der Waals surface area contributed by atoms with Gasteiger partial charge in [-0.2, -0.15) is 0 Å². The minimum absolute atomic E-state index is 0.0217. The lowest BCUT2D eigenvalue weighted by Crippen LogP contribution is -2.23. The fourth-order valence-corrected chi connectivity index (χ4v) is 4.54. The van der Waals surface area contributed by atoms with Crippen LogP contribution in [0.3, 0.4) is 0 Å². The minimum atomic E-state index is -0.151. The summed E-state index contributed by atoms with van der Waals surface area (Å²) in [6.07, 6.45) is 4.21. The molecule has 8 heteroatoms. The number of anilines is 1. The Bertz CT molecular complexity index is 1170. The molecule has 1 N–H and O–H groups in total. The van der Waals surface area contributed by atoms with Crippen LogP contribution in [0.1, 0.15) is 67.5 Å². The molecule has 0 radical (unpaired) electrons. The lowest BCUT2D eigenvalue weighted by Gasteiger charge is -2.17. The van der Waals surface area contributed by atoms with E-state index in [0.717, 1.165) is 16.1 Å². The number of hydrogen-bond donors (Lipinski definition) is 1. The molecule has 0 spiro atoms. The fourth-order valence-electron chi connectivity index (χ4n) is 3.63. The van der Waals surface area contributed by atoms with Gasteiger partial charge in [0.2, 0.25) is 5.91 Å². The van der Waals surface area contributed by atoms with Gasteiger partial charge in [-0.1, -0.05) is 36.8 Å². The largest absolute Gasteiger partial charge is 0.310 e. The average molecular weight is 435 g/mol. The Morgan fingerprint density at radius 3 is 2.81 bits per heavy atom. The molecule has 0 bridgehead atoms. The summed E-state index contributed by atoms with van der Waals surface area (Å²) >= 11 is 1.34. The molecule has 0 aliphatic carbocycles. The van der Waals surface area contributed by atoms with E-state index in [1.807, 2.05) is 38.1 Å². The second kappa shape index (κ2) is 8.85. The molecule has 2 aromatic heterocycles. The van der Waals surface area contributed by atoms with Crippen LogP contribution in [0.2, 0.25) is 0 Å². The molecule has 1 amide bonds. The summed E-state index contributed by atoms with van der Waals surface area (Å²) in [5.74, 6) is 0.0598. The molecule has 7 nitrogen and oxygen atoms in total. The lowest BCUT2D eigenvalue weighted by molar-refractivity contribution is -0.116. The highest BCUT2D eigenvalue weighted by molar-refractivity contribution is 7.13. The zero-order chi connectivity index (χ0) is 22.0. The summed E-state index contributed by atoms with van der Waals surface area (Å²) in [5.41, 5.74) is 3.13. The van der Waals surface area contributed by atoms with Gasteiger partial charge in [0.05, 0.1) is 9.88 Å². The van der Waals surface area contributed by atoms with Crippen molar-refractivity contribution in [2.24, 2.45) is 0 Å². The van der Waals surface area contributed by atoms with Crippen molar-refractivity contribution < 1.29 is 14.4 Å². The zero-order valence-electron chi connectivity index (χ0n) is 17.3. The Labute approximate surface area is 184 Å². The van der Waals surface area contributed by atoms with Gasteiger partial charge >= 0.3 is 0 Å². The Morgan fingerprint density at radius 2 is 2.00 bits per heavy atom. The highest BCUT2D eigenvalue weighted by Gasteiger charge is 2.25. The summed E-state index contributed by atoms with van der Waals surface area (Å²) < 4.78 is 0. The van der Waals surface area contributed by atoms with Crippen LogP contribution in [0, 0.1) is 6.92 Å². The van der Waals surface area contributed by atoms with E-state index < -0.39 is 0 Å². The van der Waals surface area contributed by atoms with Crippen LogP contribution in [0.5, 0.6) is 0 Å². The van der Waals surface area contributed by atoms with Crippen LogP contribution in [0.25, 0.3) is 0 Å². The number of nitrogens with zero attached hydrogens (tertiary/aromatic N) is 3. The molecule has 4 rings (SSSR count). The third kappa shape index (κ3) is 4.74. The van der Waals surface area contributed by atoms with E-state index in [1.54, 1.807) is 6.20 Å². The van der Waals surface area contributed by atoms with Crippen LogP contribution in [0.15, 0.2) is 36.8 Å². The minimum Gasteiger partial charge on any atom is -0.310 e. The molecule has 0 unspecified atom stereocenters. The zero-order valence-corrected chi connectivity index (χ0v) is 18.2.